The first-order chi connectivity index (χ1) is 11.0. The number of halogens is 1. The van der Waals surface area contributed by atoms with Crippen LogP contribution in [0.1, 0.15) is 0 Å². The number of nitrogens with zero attached hydrogens (tertiary/aromatic N) is 1. The van der Waals surface area contributed by atoms with Crippen LogP contribution in [0.25, 0.3) is 11.0 Å². The summed E-state index contributed by atoms with van der Waals surface area (Å²) in [6.45, 7) is 0. The number of carbonyl (C=O) groups excluding carboxylic acids is 2. The summed E-state index contributed by atoms with van der Waals surface area (Å²) >= 11 is 5.95. The lowest BCUT2D eigenvalue weighted by molar-refractivity contribution is -0.132. The van der Waals surface area contributed by atoms with E-state index < -0.39 is 11.8 Å². The molecule has 0 fully saturated rings. The van der Waals surface area contributed by atoms with Crippen molar-refractivity contribution < 1.29 is 9.59 Å². The van der Waals surface area contributed by atoms with E-state index in [-0.39, 0.29) is 5.02 Å². The molecule has 0 aliphatic rings. The fourth-order valence-corrected chi connectivity index (χ4v) is 2.25. The highest BCUT2D eigenvalue weighted by Crippen LogP contribution is 2.24. The maximum atomic E-state index is 12.0. The van der Waals surface area contributed by atoms with Gasteiger partial charge in [-0.05, 0) is 36.4 Å². The number of aromatic nitrogens is 2. The van der Waals surface area contributed by atoms with Crippen LogP contribution in [0, 0.1) is 0 Å². The average Bonchev–Trinajstić information content (AvgIpc) is 2.97. The number of fused-ring (bicyclic) bond motifs is 1. The van der Waals surface area contributed by atoms with Gasteiger partial charge in [-0.2, -0.15) is 0 Å². The standard InChI is InChI=1S/C15H12ClN5O2/c16-10-5-8(17)1-3-11(10)21-15(23)14(22)20-9-2-4-12-13(6-9)19-7-18-12/h1-7H,17H2,(H,18,19)(H,20,22)(H,21,23). The Bertz CT molecular complexity index is 906. The van der Waals surface area contributed by atoms with E-state index in [0.717, 1.165) is 11.0 Å². The van der Waals surface area contributed by atoms with E-state index in [0.29, 0.717) is 17.1 Å². The number of nitrogens with two attached hydrogens (primary N) is 1. The van der Waals surface area contributed by atoms with Gasteiger partial charge in [0.1, 0.15) is 0 Å². The van der Waals surface area contributed by atoms with Crippen molar-refractivity contribution in [2.45, 2.75) is 0 Å². The summed E-state index contributed by atoms with van der Waals surface area (Å²) in [4.78, 5) is 30.9. The molecular weight excluding hydrogens is 318 g/mol. The maximum absolute atomic E-state index is 12.0. The van der Waals surface area contributed by atoms with Gasteiger partial charge >= 0.3 is 11.8 Å². The number of anilines is 3. The van der Waals surface area contributed by atoms with Gasteiger partial charge in [-0.15, -0.1) is 0 Å². The molecule has 0 saturated carbocycles. The van der Waals surface area contributed by atoms with E-state index in [1.165, 1.54) is 12.1 Å². The molecule has 0 spiro atoms. The lowest BCUT2D eigenvalue weighted by atomic mass is 10.2. The number of benzene rings is 2. The normalized spacial score (nSPS) is 10.5. The summed E-state index contributed by atoms with van der Waals surface area (Å²) in [5, 5.41) is 5.19. The van der Waals surface area contributed by atoms with Gasteiger partial charge in [0.25, 0.3) is 0 Å². The molecule has 0 unspecified atom stereocenters. The van der Waals surface area contributed by atoms with Crippen LogP contribution in [-0.2, 0) is 9.59 Å². The molecule has 0 atom stereocenters. The Hall–Kier alpha value is -3.06. The summed E-state index contributed by atoms with van der Waals surface area (Å²) < 4.78 is 0. The molecule has 0 aliphatic carbocycles. The van der Waals surface area contributed by atoms with Crippen LogP contribution in [0.3, 0.4) is 0 Å². The zero-order valence-corrected chi connectivity index (χ0v) is 12.5. The lowest BCUT2D eigenvalue weighted by Crippen LogP contribution is -2.29. The molecule has 7 nitrogen and oxygen atoms in total. The smallest absolute Gasteiger partial charge is 0.314 e. The molecule has 5 N–H and O–H groups in total. The Kier molecular flexibility index (Phi) is 3.86. The number of imidazole rings is 1. The minimum Gasteiger partial charge on any atom is -0.399 e. The van der Waals surface area contributed by atoms with Gasteiger partial charge in [-0.3, -0.25) is 9.59 Å². The van der Waals surface area contributed by atoms with Crippen molar-refractivity contribution >= 4 is 51.5 Å². The summed E-state index contributed by atoms with van der Waals surface area (Å²) in [7, 11) is 0. The summed E-state index contributed by atoms with van der Waals surface area (Å²) in [6.07, 6.45) is 1.55. The van der Waals surface area contributed by atoms with Gasteiger partial charge in [0.2, 0.25) is 0 Å². The molecule has 0 aliphatic heterocycles. The number of amides is 2. The molecule has 1 aromatic heterocycles. The molecule has 0 saturated heterocycles. The second-order valence-corrected chi connectivity index (χ2v) is 5.19. The second-order valence-electron chi connectivity index (χ2n) is 4.78. The third kappa shape index (κ3) is 3.24. The van der Waals surface area contributed by atoms with Gasteiger partial charge < -0.3 is 21.4 Å². The maximum Gasteiger partial charge on any atom is 0.314 e. The highest BCUT2D eigenvalue weighted by atomic mass is 35.5. The first kappa shape index (κ1) is 14.9. The van der Waals surface area contributed by atoms with Crippen LogP contribution >= 0.6 is 11.6 Å². The molecule has 3 aromatic rings. The summed E-state index contributed by atoms with van der Waals surface area (Å²) in [6, 6.07) is 9.66. The zero-order valence-electron chi connectivity index (χ0n) is 11.8. The van der Waals surface area contributed by atoms with Crippen molar-refractivity contribution in [1.82, 2.24) is 9.97 Å². The Morgan fingerprint density at radius 3 is 2.65 bits per heavy atom. The molecular formula is C15H12ClN5O2. The molecule has 2 aromatic carbocycles. The molecule has 23 heavy (non-hydrogen) atoms. The number of H-pyrrole nitrogens is 1. The highest BCUT2D eigenvalue weighted by Gasteiger charge is 2.15. The van der Waals surface area contributed by atoms with Crippen molar-refractivity contribution in [2.24, 2.45) is 0 Å². The molecule has 3 rings (SSSR count). The number of hydrogen-bond donors (Lipinski definition) is 4. The van der Waals surface area contributed by atoms with Crippen LogP contribution in [0.15, 0.2) is 42.7 Å². The first-order valence-corrected chi connectivity index (χ1v) is 7.01. The number of nitrogen functional groups attached to an aromatic ring is 1. The van der Waals surface area contributed by atoms with Crippen LogP contribution in [0.5, 0.6) is 0 Å². The third-order valence-corrected chi connectivity index (χ3v) is 3.44. The number of rotatable bonds is 2. The predicted molar refractivity (Wildman–Crippen MR) is 89.2 cm³/mol. The second kappa shape index (κ2) is 5.98. The number of carbonyl (C=O) groups is 2. The third-order valence-electron chi connectivity index (χ3n) is 3.13. The molecule has 8 heteroatoms. The van der Waals surface area contributed by atoms with Crippen LogP contribution in [0.4, 0.5) is 17.1 Å². The number of aromatic amines is 1. The largest absolute Gasteiger partial charge is 0.399 e. The molecule has 0 radical (unpaired) electrons. The van der Waals surface area contributed by atoms with Crippen LogP contribution in [0.2, 0.25) is 5.02 Å². The Morgan fingerprint density at radius 1 is 1.09 bits per heavy atom. The van der Waals surface area contributed by atoms with Crippen molar-refractivity contribution in [1.29, 1.82) is 0 Å². The first-order valence-electron chi connectivity index (χ1n) is 6.63. The lowest BCUT2D eigenvalue weighted by Gasteiger charge is -2.08. The topological polar surface area (TPSA) is 113 Å². The molecule has 1 heterocycles. The van der Waals surface area contributed by atoms with E-state index in [4.69, 9.17) is 17.3 Å². The fourth-order valence-electron chi connectivity index (χ4n) is 2.01. The molecule has 116 valence electrons. The van der Waals surface area contributed by atoms with Crippen LogP contribution in [-0.4, -0.2) is 21.8 Å². The van der Waals surface area contributed by atoms with Gasteiger partial charge in [-0.25, -0.2) is 4.98 Å². The van der Waals surface area contributed by atoms with Crippen molar-refractivity contribution in [3.63, 3.8) is 0 Å². The van der Waals surface area contributed by atoms with Crippen molar-refractivity contribution in [3.8, 4) is 0 Å². The Labute approximate surface area is 135 Å². The van der Waals surface area contributed by atoms with E-state index in [2.05, 4.69) is 20.6 Å². The van der Waals surface area contributed by atoms with Crippen LogP contribution < -0.4 is 16.4 Å². The van der Waals surface area contributed by atoms with E-state index in [9.17, 15) is 9.59 Å². The van der Waals surface area contributed by atoms with E-state index in [1.54, 1.807) is 30.6 Å². The van der Waals surface area contributed by atoms with Gasteiger partial charge in [-0.1, -0.05) is 11.6 Å². The highest BCUT2D eigenvalue weighted by molar-refractivity contribution is 6.44. The monoisotopic (exact) mass is 329 g/mol. The van der Waals surface area contributed by atoms with Crippen molar-refractivity contribution in [2.75, 3.05) is 16.4 Å². The Morgan fingerprint density at radius 2 is 1.87 bits per heavy atom. The summed E-state index contributed by atoms with van der Waals surface area (Å²) in [5.41, 5.74) is 8.34. The quantitative estimate of drug-likeness (QED) is 0.427. The van der Waals surface area contributed by atoms with Gasteiger partial charge in [0, 0.05) is 11.4 Å². The minimum absolute atomic E-state index is 0.255. The number of nitrogens with one attached hydrogen (secondary N) is 3. The molecule has 0 bridgehead atoms. The SMILES string of the molecule is Nc1ccc(NC(=O)C(=O)Nc2ccc3nc[nH]c3c2)c(Cl)c1. The molecule has 2 amide bonds. The predicted octanol–water partition coefficient (Wildman–Crippen LogP) is 2.38. The minimum atomic E-state index is -0.832. The van der Waals surface area contributed by atoms with Crippen molar-refractivity contribution in [3.05, 3.63) is 47.7 Å². The Balaban J connectivity index is 1.70. The zero-order chi connectivity index (χ0) is 16.4. The number of hydrogen-bond acceptors (Lipinski definition) is 4. The van der Waals surface area contributed by atoms with E-state index >= 15 is 0 Å². The van der Waals surface area contributed by atoms with E-state index in [1.807, 2.05) is 0 Å². The van der Waals surface area contributed by atoms with Gasteiger partial charge in [0.05, 0.1) is 28.1 Å². The summed E-state index contributed by atoms with van der Waals surface area (Å²) in [5.74, 6) is -1.64. The average molecular weight is 330 g/mol. The fraction of sp³-hybridized carbons (Fsp3) is 0. The van der Waals surface area contributed by atoms with Gasteiger partial charge in [0.15, 0.2) is 0 Å².